The summed E-state index contributed by atoms with van der Waals surface area (Å²) in [6.07, 6.45) is -2.04. The molecule has 0 radical (unpaired) electrons. The molecule has 1 saturated heterocycles. The number of amides is 8. The maximum atomic E-state index is 15.5. The van der Waals surface area contributed by atoms with E-state index in [0.717, 1.165) is 4.90 Å². The number of para-hydroxylation sites is 1. The van der Waals surface area contributed by atoms with Crippen LogP contribution in [0.4, 0.5) is 0 Å². The molecule has 8 amide bonds. The molecule has 1 aromatic carbocycles. The zero-order chi connectivity index (χ0) is 72.9. The number of aliphatic hydroxyl groups is 1. The molecule has 2 aromatic rings. The third-order valence-corrected chi connectivity index (χ3v) is 19.1. The number of aryl methyl sites for hydroxylation is 1. The van der Waals surface area contributed by atoms with E-state index in [4.69, 9.17) is 0 Å². The summed E-state index contributed by atoms with van der Waals surface area (Å²) in [5.41, 5.74) is 0.657. The van der Waals surface area contributed by atoms with Crippen molar-refractivity contribution in [1.29, 1.82) is 0 Å². The number of fused-ring (bicyclic) bond motifs is 1. The number of carboxylic acid groups (broad SMARTS) is 1. The lowest BCUT2D eigenvalue weighted by Crippen LogP contribution is -2.62. The summed E-state index contributed by atoms with van der Waals surface area (Å²) >= 11 is 0. The summed E-state index contributed by atoms with van der Waals surface area (Å²) in [4.78, 5) is 189. The summed E-state index contributed by atoms with van der Waals surface area (Å²) in [5.74, 6) is -12.8. The first-order valence-electron chi connectivity index (χ1n) is 34.0. The predicted molar refractivity (Wildman–Crippen MR) is 364 cm³/mol. The molecular formula is C71H116N10O14. The Morgan fingerprint density at radius 3 is 1.49 bits per heavy atom. The van der Waals surface area contributed by atoms with Crippen molar-refractivity contribution in [3.05, 3.63) is 29.6 Å². The Morgan fingerprint density at radius 1 is 0.547 bits per heavy atom. The highest BCUT2D eigenvalue weighted by Gasteiger charge is 2.46. The molecule has 534 valence electrons. The third-order valence-electron chi connectivity index (χ3n) is 19.1. The molecule has 0 saturated carbocycles. The van der Waals surface area contributed by atoms with Crippen molar-refractivity contribution in [2.45, 2.75) is 217 Å². The molecule has 1 aliphatic rings. The van der Waals surface area contributed by atoms with E-state index in [2.05, 4.69) is 10.3 Å². The number of aromatic nitrogens is 2. The standard InChI is InChI=1S/C71H116N10O14/c1-25-47-35-57(84)62(63(86)44(14)34-58-73-60-48(71(94)95)27-26-28-50(60)75(58)18)81(24)70(93)61(43(12)13)80(23)69(92)54(32-41(8)9)79(22)68(91)53(31-40(6)7)78(21)65(88)46(16)72-64(87)45(15)33-55(82)52(30-39(4)5)77(20)67(90)49(42(10)11)36-56(83)51(29-38(2)3)76(19)59(85)37-74(17)66(47)89/h26-28,38-47,49,51-54,61-63,86H,25,29-37H2,1-24H3,(H,72,87)(H,94,95)/t44-,45-,46-,47-,49+,51+,52+,53+,54+,61+,62-,63-/m1/s1. The van der Waals surface area contributed by atoms with Gasteiger partial charge in [-0.25, -0.2) is 9.78 Å². The number of nitrogens with zero attached hydrogens (tertiary/aromatic N) is 9. The molecule has 3 N–H and O–H groups in total. The molecule has 95 heavy (non-hydrogen) atoms. The molecule has 1 aromatic heterocycles. The number of benzene rings is 1. The van der Waals surface area contributed by atoms with Gasteiger partial charge in [0.25, 0.3) is 0 Å². The Kier molecular flexibility index (Phi) is 30.9. The Morgan fingerprint density at radius 2 is 1.01 bits per heavy atom. The van der Waals surface area contributed by atoms with Crippen molar-refractivity contribution in [1.82, 2.24) is 49.2 Å². The zero-order valence-electron chi connectivity index (χ0n) is 61.5. The van der Waals surface area contributed by atoms with Gasteiger partial charge < -0.3 is 54.4 Å². The van der Waals surface area contributed by atoms with Gasteiger partial charge in [0.15, 0.2) is 17.3 Å². The third kappa shape index (κ3) is 20.9. The van der Waals surface area contributed by atoms with Crippen molar-refractivity contribution in [3.63, 3.8) is 0 Å². The van der Waals surface area contributed by atoms with Gasteiger partial charge in [0.2, 0.25) is 47.3 Å². The lowest BCUT2D eigenvalue weighted by Gasteiger charge is -2.41. The number of carbonyl (C=O) groups excluding carboxylic acids is 11. The number of carbonyl (C=O) groups is 12. The molecular weight excluding hydrogens is 1220 g/mol. The minimum absolute atomic E-state index is 0.0220. The first-order chi connectivity index (χ1) is 43.9. The highest BCUT2D eigenvalue weighted by molar-refractivity contribution is 6.02. The quantitative estimate of drug-likeness (QED) is 0.164. The van der Waals surface area contributed by atoms with E-state index in [9.17, 15) is 48.6 Å². The molecule has 24 heteroatoms. The van der Waals surface area contributed by atoms with Crippen LogP contribution < -0.4 is 5.32 Å². The average molecular weight is 1330 g/mol. The molecule has 0 unspecified atom stereocenters. The molecule has 1 aliphatic heterocycles. The number of Topliss-reactive ketones (excluding diaryl/α,β-unsaturated/α-hetero) is 3. The highest BCUT2D eigenvalue weighted by Crippen LogP contribution is 2.30. The van der Waals surface area contributed by atoms with Crippen LogP contribution in [0.15, 0.2) is 18.2 Å². The number of likely N-dealkylation sites (N-methyl/N-ethyl adjacent to an activating group) is 7. The second-order valence-electron chi connectivity index (χ2n) is 29.5. The molecule has 24 nitrogen and oxygen atoms in total. The van der Waals surface area contributed by atoms with Gasteiger partial charge >= 0.3 is 5.97 Å². The number of aliphatic hydroxyl groups excluding tert-OH is 1. The average Bonchev–Trinajstić information content (AvgIpc) is 1.79. The van der Waals surface area contributed by atoms with Crippen LogP contribution in [-0.2, 0) is 66.2 Å². The van der Waals surface area contributed by atoms with E-state index < -0.39 is 167 Å². The van der Waals surface area contributed by atoms with Gasteiger partial charge in [0, 0.05) is 99.8 Å². The van der Waals surface area contributed by atoms with Crippen molar-refractivity contribution >= 4 is 81.6 Å². The van der Waals surface area contributed by atoms with Crippen LogP contribution in [0.1, 0.15) is 178 Å². The SMILES string of the molecule is CC[C@@H]1CC(=O)[C@H]([C@H](O)[C@H](C)Cc2nc3c(C(=O)O)cccc3n2C)N(C)C(=O)[C@H](C(C)C)N(C)C(=O)[C@H](CC(C)C)N(C)C(=O)[C@H](CC(C)C)N(C)C(=O)[C@@H](C)NC(=O)[C@H](C)CC(=O)[C@H](CC(C)C)N(C)C(=O)[C@H](C(C)C)CC(=O)[C@H](CC(C)C)N(C)C(=O)CN(C)C1=O. The first kappa shape index (κ1) is 82.1. The van der Waals surface area contributed by atoms with E-state index in [0.29, 0.717) is 11.3 Å². The van der Waals surface area contributed by atoms with Crippen molar-refractivity contribution in [2.75, 3.05) is 55.9 Å². The van der Waals surface area contributed by atoms with Crippen LogP contribution in [0, 0.1) is 59.2 Å². The lowest BCUT2D eigenvalue weighted by atomic mass is 9.84. The largest absolute Gasteiger partial charge is 0.478 e. The van der Waals surface area contributed by atoms with Crippen LogP contribution in [-0.4, -0.2) is 229 Å². The van der Waals surface area contributed by atoms with Gasteiger partial charge in [-0.2, -0.15) is 0 Å². The summed E-state index contributed by atoms with van der Waals surface area (Å²) in [7, 11) is 11.7. The van der Waals surface area contributed by atoms with Crippen molar-refractivity contribution in [2.24, 2.45) is 66.2 Å². The molecule has 0 bridgehead atoms. The van der Waals surface area contributed by atoms with E-state index in [1.165, 1.54) is 91.7 Å². The number of hydrogen-bond donors (Lipinski definition) is 3. The monoisotopic (exact) mass is 1330 g/mol. The Bertz CT molecular complexity index is 3060. The van der Waals surface area contributed by atoms with Crippen LogP contribution in [0.3, 0.4) is 0 Å². The molecule has 1 fully saturated rings. The maximum absolute atomic E-state index is 15.5. The van der Waals surface area contributed by atoms with Crippen LogP contribution in [0.5, 0.6) is 0 Å². The maximum Gasteiger partial charge on any atom is 0.337 e. The summed E-state index contributed by atoms with van der Waals surface area (Å²) in [6.45, 7) is 27.9. The van der Waals surface area contributed by atoms with Gasteiger partial charge in [0.1, 0.15) is 41.6 Å². The minimum Gasteiger partial charge on any atom is -0.478 e. The fraction of sp³-hybridized carbons (Fsp3) is 0.732. The number of ketones is 3. The van der Waals surface area contributed by atoms with Crippen LogP contribution in [0.2, 0.25) is 0 Å². The number of nitrogens with one attached hydrogen (secondary N) is 1. The van der Waals surface area contributed by atoms with Crippen LogP contribution >= 0.6 is 0 Å². The minimum atomic E-state index is -1.67. The summed E-state index contributed by atoms with van der Waals surface area (Å²) < 4.78 is 1.68. The second-order valence-corrected chi connectivity index (χ2v) is 29.5. The van der Waals surface area contributed by atoms with E-state index >= 15 is 19.2 Å². The topological polar surface area (TPSA) is 298 Å². The Hall–Kier alpha value is -7.11. The van der Waals surface area contributed by atoms with Gasteiger partial charge in [-0.05, 0) is 92.6 Å². The van der Waals surface area contributed by atoms with E-state index in [1.54, 1.807) is 72.2 Å². The highest BCUT2D eigenvalue weighted by atomic mass is 16.4. The number of carboxylic acids is 1. The van der Waals surface area contributed by atoms with Gasteiger partial charge in [-0.1, -0.05) is 110 Å². The molecule has 0 aliphatic carbocycles. The van der Waals surface area contributed by atoms with Gasteiger partial charge in [0.05, 0.1) is 35.8 Å². The Balaban J connectivity index is 2.35. The number of aromatic carboxylic acids is 1. The predicted octanol–water partition coefficient (Wildman–Crippen LogP) is 6.40. The molecule has 0 spiro atoms. The van der Waals surface area contributed by atoms with E-state index in [1.807, 2.05) is 55.4 Å². The number of imidazole rings is 1. The Labute approximate surface area is 564 Å². The zero-order valence-corrected chi connectivity index (χ0v) is 61.5. The molecule has 3 rings (SSSR count). The van der Waals surface area contributed by atoms with E-state index in [-0.39, 0.29) is 86.1 Å². The van der Waals surface area contributed by atoms with Gasteiger partial charge in [-0.3, -0.25) is 52.7 Å². The number of rotatable bonds is 16. The van der Waals surface area contributed by atoms with Gasteiger partial charge in [-0.15, -0.1) is 0 Å². The van der Waals surface area contributed by atoms with Crippen molar-refractivity contribution < 1.29 is 67.7 Å². The molecule has 2 heterocycles. The normalized spacial score (nSPS) is 25.5. The first-order valence-corrected chi connectivity index (χ1v) is 34.0. The van der Waals surface area contributed by atoms with Crippen LogP contribution in [0.25, 0.3) is 11.0 Å². The summed E-state index contributed by atoms with van der Waals surface area (Å²) in [6, 6.07) is -3.88. The fourth-order valence-corrected chi connectivity index (χ4v) is 13.1. The fourth-order valence-electron chi connectivity index (χ4n) is 13.1. The molecule has 12 atom stereocenters. The lowest BCUT2D eigenvalue weighted by molar-refractivity contribution is -0.157. The second kappa shape index (κ2) is 35.8. The number of hydrogen-bond acceptors (Lipinski definition) is 14. The summed E-state index contributed by atoms with van der Waals surface area (Å²) in [5, 5.41) is 25.4. The smallest absolute Gasteiger partial charge is 0.337 e. The van der Waals surface area contributed by atoms with Crippen molar-refractivity contribution in [3.8, 4) is 0 Å².